The van der Waals surface area contributed by atoms with Crippen molar-refractivity contribution < 1.29 is 18.7 Å². The molecular formula is C28H29N3O4. The van der Waals surface area contributed by atoms with Gasteiger partial charge in [-0.1, -0.05) is 42.5 Å². The molecule has 0 saturated carbocycles. The second-order valence-corrected chi connectivity index (χ2v) is 8.55. The molecule has 7 nitrogen and oxygen atoms in total. The van der Waals surface area contributed by atoms with Crippen LogP contribution >= 0.6 is 0 Å². The number of para-hydroxylation sites is 1. The van der Waals surface area contributed by atoms with Crippen LogP contribution in [0.15, 0.2) is 83.3 Å². The largest absolute Gasteiger partial charge is 0.492 e. The topological polar surface area (TPSA) is 83.8 Å². The number of hydrogen-bond donors (Lipinski definition) is 2. The number of anilines is 1. The van der Waals surface area contributed by atoms with Gasteiger partial charge in [0.25, 0.3) is 5.91 Å². The maximum absolute atomic E-state index is 12.5. The summed E-state index contributed by atoms with van der Waals surface area (Å²) in [6, 6.07) is 24.1. The minimum Gasteiger partial charge on any atom is -0.492 e. The van der Waals surface area contributed by atoms with Crippen molar-refractivity contribution in [3.8, 4) is 5.75 Å². The smallest absolute Gasteiger partial charge is 0.291 e. The van der Waals surface area contributed by atoms with Gasteiger partial charge < -0.3 is 24.7 Å². The number of furan rings is 1. The Morgan fingerprint density at radius 1 is 0.914 bits per heavy atom. The van der Waals surface area contributed by atoms with Crippen molar-refractivity contribution in [2.24, 2.45) is 0 Å². The van der Waals surface area contributed by atoms with E-state index in [2.05, 4.69) is 15.5 Å². The van der Waals surface area contributed by atoms with Crippen molar-refractivity contribution >= 4 is 28.5 Å². The second-order valence-electron chi connectivity index (χ2n) is 8.55. The van der Waals surface area contributed by atoms with E-state index in [0.29, 0.717) is 24.4 Å². The van der Waals surface area contributed by atoms with Crippen LogP contribution in [0.2, 0.25) is 0 Å². The zero-order valence-electron chi connectivity index (χ0n) is 19.9. The predicted octanol–water partition coefficient (Wildman–Crippen LogP) is 4.48. The number of rotatable bonds is 10. The molecule has 4 aromatic rings. The van der Waals surface area contributed by atoms with E-state index >= 15 is 0 Å². The van der Waals surface area contributed by atoms with Gasteiger partial charge in [-0.05, 0) is 61.6 Å². The van der Waals surface area contributed by atoms with Gasteiger partial charge >= 0.3 is 0 Å². The second kappa shape index (κ2) is 11.4. The molecule has 0 atom stereocenters. The van der Waals surface area contributed by atoms with E-state index in [-0.39, 0.29) is 24.0 Å². The summed E-state index contributed by atoms with van der Waals surface area (Å²) >= 11 is 0. The quantitative estimate of drug-likeness (QED) is 0.356. The van der Waals surface area contributed by atoms with Crippen LogP contribution in [0, 0.1) is 0 Å². The molecule has 0 aliphatic rings. The average molecular weight is 472 g/mol. The lowest BCUT2D eigenvalue weighted by molar-refractivity contribution is -0.120. The van der Waals surface area contributed by atoms with Crippen LogP contribution in [-0.2, 0) is 17.8 Å². The fourth-order valence-electron chi connectivity index (χ4n) is 3.49. The number of fused-ring (bicyclic) bond motifs is 1. The van der Waals surface area contributed by atoms with Gasteiger partial charge in [0.2, 0.25) is 5.91 Å². The minimum atomic E-state index is -0.319. The van der Waals surface area contributed by atoms with Crippen molar-refractivity contribution in [1.29, 1.82) is 0 Å². The molecule has 0 unspecified atom stereocenters. The van der Waals surface area contributed by atoms with Crippen molar-refractivity contribution in [1.82, 2.24) is 10.2 Å². The first-order valence-electron chi connectivity index (χ1n) is 11.5. The molecule has 0 saturated heterocycles. The molecular weight excluding hydrogens is 442 g/mol. The molecule has 0 spiro atoms. The fourth-order valence-corrected chi connectivity index (χ4v) is 3.49. The van der Waals surface area contributed by atoms with Crippen molar-refractivity contribution in [3.05, 3.63) is 95.7 Å². The first-order chi connectivity index (χ1) is 17.0. The summed E-state index contributed by atoms with van der Waals surface area (Å²) < 4.78 is 11.3. The number of amides is 2. The number of benzene rings is 3. The Bertz CT molecular complexity index is 1240. The molecule has 0 bridgehead atoms. The summed E-state index contributed by atoms with van der Waals surface area (Å²) in [7, 11) is 4.01. The molecule has 3 aromatic carbocycles. The Morgan fingerprint density at radius 3 is 2.34 bits per heavy atom. The van der Waals surface area contributed by atoms with E-state index in [9.17, 15) is 9.59 Å². The predicted molar refractivity (Wildman–Crippen MR) is 137 cm³/mol. The maximum Gasteiger partial charge on any atom is 0.291 e. The van der Waals surface area contributed by atoms with Crippen molar-refractivity contribution in [3.63, 3.8) is 0 Å². The van der Waals surface area contributed by atoms with E-state index in [1.165, 1.54) is 0 Å². The highest BCUT2D eigenvalue weighted by molar-refractivity contribution is 6.04. The lowest BCUT2D eigenvalue weighted by Gasteiger charge is -2.11. The highest BCUT2D eigenvalue weighted by Gasteiger charge is 2.12. The SMILES string of the molecule is CN(C)CCOc1ccc(CNC(=O)Cc2ccc(NC(=O)c3cc4ccccc4o3)cc2)cc1. The summed E-state index contributed by atoms with van der Waals surface area (Å²) in [5.74, 6) is 0.674. The molecule has 0 aliphatic heterocycles. The average Bonchev–Trinajstić information content (AvgIpc) is 3.29. The normalized spacial score (nSPS) is 10.9. The molecule has 1 aromatic heterocycles. The molecule has 0 radical (unpaired) electrons. The summed E-state index contributed by atoms with van der Waals surface area (Å²) in [6.07, 6.45) is 0.254. The number of carbonyl (C=O) groups excluding carboxylic acids is 2. The van der Waals surface area contributed by atoms with Gasteiger partial charge in [-0.25, -0.2) is 0 Å². The zero-order valence-corrected chi connectivity index (χ0v) is 19.9. The van der Waals surface area contributed by atoms with Crippen molar-refractivity contribution in [2.45, 2.75) is 13.0 Å². The van der Waals surface area contributed by atoms with Crippen LogP contribution in [0.5, 0.6) is 5.75 Å². The molecule has 4 rings (SSSR count). The van der Waals surface area contributed by atoms with Crippen molar-refractivity contribution in [2.75, 3.05) is 32.6 Å². The van der Waals surface area contributed by atoms with Crippen LogP contribution < -0.4 is 15.4 Å². The first kappa shape index (κ1) is 24.0. The van der Waals surface area contributed by atoms with E-state index in [0.717, 1.165) is 28.8 Å². The van der Waals surface area contributed by atoms with Crippen LogP contribution in [0.1, 0.15) is 21.7 Å². The lowest BCUT2D eigenvalue weighted by Crippen LogP contribution is -2.24. The third kappa shape index (κ3) is 6.94. The van der Waals surface area contributed by atoms with Gasteiger partial charge in [0.15, 0.2) is 5.76 Å². The van der Waals surface area contributed by atoms with Gasteiger partial charge in [0.1, 0.15) is 17.9 Å². The monoisotopic (exact) mass is 471 g/mol. The Labute approximate surface area is 204 Å². The lowest BCUT2D eigenvalue weighted by atomic mass is 10.1. The van der Waals surface area contributed by atoms with Gasteiger partial charge in [-0.2, -0.15) is 0 Å². The van der Waals surface area contributed by atoms with E-state index in [1.807, 2.05) is 74.8 Å². The molecule has 2 N–H and O–H groups in total. The third-order valence-corrected chi connectivity index (χ3v) is 5.45. The van der Waals surface area contributed by atoms with Crippen LogP contribution in [-0.4, -0.2) is 44.0 Å². The molecule has 2 amide bonds. The van der Waals surface area contributed by atoms with Gasteiger partial charge in [-0.15, -0.1) is 0 Å². The number of carbonyl (C=O) groups is 2. The Balaban J connectivity index is 1.23. The standard InChI is InChI=1S/C28H29N3O4/c1-31(2)15-16-34-24-13-9-21(10-14-24)19-29-27(32)17-20-7-11-23(12-8-20)30-28(33)26-18-22-5-3-4-6-25(22)35-26/h3-14,18H,15-17,19H2,1-2H3,(H,29,32)(H,30,33). The van der Waals surface area contributed by atoms with Gasteiger partial charge in [-0.3, -0.25) is 9.59 Å². The Kier molecular flexibility index (Phi) is 7.80. The summed E-state index contributed by atoms with van der Waals surface area (Å²) in [5.41, 5.74) is 3.16. The van der Waals surface area contributed by atoms with Gasteiger partial charge in [0.05, 0.1) is 6.42 Å². The molecule has 0 fully saturated rings. The van der Waals surface area contributed by atoms with E-state index in [1.54, 1.807) is 18.2 Å². The summed E-state index contributed by atoms with van der Waals surface area (Å²) in [6.45, 7) is 1.93. The van der Waals surface area contributed by atoms with E-state index < -0.39 is 0 Å². The molecule has 180 valence electrons. The van der Waals surface area contributed by atoms with Gasteiger partial charge in [0, 0.05) is 24.2 Å². The minimum absolute atomic E-state index is 0.0737. The van der Waals surface area contributed by atoms with Crippen LogP contribution in [0.25, 0.3) is 11.0 Å². The number of ether oxygens (including phenoxy) is 1. The fraction of sp³-hybridized carbons (Fsp3) is 0.214. The number of hydrogen-bond acceptors (Lipinski definition) is 5. The highest BCUT2D eigenvalue weighted by atomic mass is 16.5. The molecule has 7 heteroatoms. The zero-order chi connectivity index (χ0) is 24.6. The number of likely N-dealkylation sites (N-methyl/N-ethyl adjacent to an activating group) is 1. The molecule has 1 heterocycles. The summed E-state index contributed by atoms with van der Waals surface area (Å²) in [5, 5.41) is 6.64. The van der Waals surface area contributed by atoms with Crippen LogP contribution in [0.4, 0.5) is 5.69 Å². The first-order valence-corrected chi connectivity index (χ1v) is 11.5. The number of nitrogens with one attached hydrogen (secondary N) is 2. The number of nitrogens with zero attached hydrogens (tertiary/aromatic N) is 1. The molecule has 35 heavy (non-hydrogen) atoms. The Hall–Kier alpha value is -4.10. The maximum atomic E-state index is 12.5. The highest BCUT2D eigenvalue weighted by Crippen LogP contribution is 2.20. The molecule has 0 aliphatic carbocycles. The third-order valence-electron chi connectivity index (χ3n) is 5.45. The Morgan fingerprint density at radius 2 is 1.63 bits per heavy atom. The van der Waals surface area contributed by atoms with E-state index in [4.69, 9.17) is 9.15 Å². The summed E-state index contributed by atoms with van der Waals surface area (Å²) in [4.78, 5) is 26.9. The van der Waals surface area contributed by atoms with Crippen LogP contribution in [0.3, 0.4) is 0 Å².